The Labute approximate surface area is 865 Å². The molecule has 16 aromatic rings. The van der Waals surface area contributed by atoms with Crippen molar-refractivity contribution in [1.82, 2.24) is 18.3 Å². The molecule has 112 heavy (non-hydrogen) atoms. The monoisotopic (exact) mass is 2050 g/mol. The number of aromatic nitrogens is 4. The smallest absolute Gasteiger partial charge is 0.0461 e. The van der Waals surface area contributed by atoms with E-state index in [-0.39, 0.29) is 262 Å². The summed E-state index contributed by atoms with van der Waals surface area (Å²) in [6.45, 7) is 20.0. The minimum atomic E-state index is 0. The molecule has 536 valence electrons. The summed E-state index contributed by atoms with van der Waals surface area (Å²) < 4.78 is 9.56. The van der Waals surface area contributed by atoms with Crippen LogP contribution >= 0.6 is 0 Å². The van der Waals surface area contributed by atoms with Gasteiger partial charge in [0.2, 0.25) is 0 Å². The topological polar surface area (TPSA) is 19.7 Å². The van der Waals surface area contributed by atoms with Crippen molar-refractivity contribution in [3.8, 4) is 44.5 Å². The van der Waals surface area contributed by atoms with Crippen LogP contribution in [-0.2, 0) is 288 Å². The van der Waals surface area contributed by atoms with Crippen LogP contribution in [-0.4, -0.2) is 18.3 Å². The van der Waals surface area contributed by atoms with Gasteiger partial charge >= 0.3 is 0 Å². The summed E-state index contributed by atoms with van der Waals surface area (Å²) in [6, 6.07) is 111. The summed E-state index contributed by atoms with van der Waals surface area (Å²) in [5.41, 5.74) is 23.7. The molecule has 16 rings (SSSR count). The summed E-state index contributed by atoms with van der Waals surface area (Å²) in [4.78, 5) is 0. The van der Waals surface area contributed by atoms with Gasteiger partial charge < -0.3 is 18.3 Å². The van der Waals surface area contributed by atoms with Crippen LogP contribution < -0.4 is 0 Å². The number of para-hydroxylation sites is 4. The third kappa shape index (κ3) is 23.4. The van der Waals surface area contributed by atoms with Gasteiger partial charge in [0.1, 0.15) is 0 Å². The van der Waals surface area contributed by atoms with E-state index in [1.54, 1.807) is 0 Å². The van der Waals surface area contributed by atoms with Crippen molar-refractivity contribution >= 4 is 87.2 Å². The van der Waals surface area contributed by atoms with Gasteiger partial charge in [-0.1, -0.05) is 173 Å². The maximum atomic E-state index is 3.65. The van der Waals surface area contributed by atoms with E-state index in [4.69, 9.17) is 0 Å². The molecule has 4 heterocycles. The molecule has 4 aromatic heterocycles. The van der Waals surface area contributed by atoms with Crippen molar-refractivity contribution in [2.24, 2.45) is 0 Å². The Kier molecular flexibility index (Phi) is 44.1. The van der Waals surface area contributed by atoms with Crippen LogP contribution in [0.3, 0.4) is 0 Å². The van der Waals surface area contributed by atoms with E-state index >= 15 is 0 Å². The fraction of sp³-hybridized carbons (Fsp3) is 0.120. The molecule has 0 N–H and O–H groups in total. The molecule has 0 unspecified atom stereocenters. The Morgan fingerprint density at radius 3 is 1.08 bits per heavy atom. The average molecular weight is 2050 g/mol. The molecule has 0 spiro atoms. The van der Waals surface area contributed by atoms with Crippen molar-refractivity contribution in [2.75, 3.05) is 0 Å². The van der Waals surface area contributed by atoms with Gasteiger partial charge in [0, 0.05) is 310 Å². The third-order valence-electron chi connectivity index (χ3n) is 19.2. The molecule has 0 aliphatic heterocycles. The first-order valence-electron chi connectivity index (χ1n) is 36.0. The maximum absolute atomic E-state index is 3.65. The van der Waals surface area contributed by atoms with E-state index in [9.17, 15) is 0 Å². The summed E-state index contributed by atoms with van der Waals surface area (Å²) in [6.07, 6.45) is 25.8. The zero-order valence-corrected chi connectivity index (χ0v) is 88.0. The Balaban J connectivity index is 0.000000261. The van der Waals surface area contributed by atoms with Gasteiger partial charge in [0.05, 0.1) is 0 Å². The number of allylic oxidation sites excluding steroid dienone is 16. The number of hydrogen-bond acceptors (Lipinski definition) is 0. The number of rotatable bonds is 16. The fourth-order valence-corrected chi connectivity index (χ4v) is 14.1. The second-order valence-electron chi connectivity index (χ2n) is 25.5. The van der Waals surface area contributed by atoms with Gasteiger partial charge in [0.15, 0.2) is 0 Å². The molecular formula is C100H84N4Y8-8. The molecule has 8 radical (unpaired) electrons. The molecule has 4 nitrogen and oxygen atoms in total. The van der Waals surface area contributed by atoms with E-state index < -0.39 is 0 Å². The van der Waals surface area contributed by atoms with Crippen molar-refractivity contribution in [2.45, 2.75) is 81.6 Å². The van der Waals surface area contributed by atoms with Gasteiger partial charge in [-0.05, 0) is 140 Å². The van der Waals surface area contributed by atoms with Crippen molar-refractivity contribution in [1.29, 1.82) is 0 Å². The number of nitrogens with zero attached hydrogens (tertiary/aromatic N) is 4. The van der Waals surface area contributed by atoms with E-state index in [0.29, 0.717) is 0 Å². The molecule has 12 heteroatoms. The number of hydrogen-bond donors (Lipinski definition) is 0. The predicted octanol–water partition coefficient (Wildman–Crippen LogP) is 26.3. The van der Waals surface area contributed by atoms with Crippen LogP contribution in [0.2, 0.25) is 0 Å². The Morgan fingerprint density at radius 1 is 0.259 bits per heavy atom. The van der Waals surface area contributed by atoms with Crippen molar-refractivity contribution < 1.29 is 262 Å². The van der Waals surface area contributed by atoms with Crippen LogP contribution in [0, 0.1) is 48.5 Å². The van der Waals surface area contributed by atoms with E-state index in [0.717, 1.165) is 76.2 Å². The Hall–Kier alpha value is -3.41. The molecule has 0 saturated carbocycles. The van der Waals surface area contributed by atoms with Crippen molar-refractivity contribution in [3.63, 3.8) is 0 Å². The zero-order chi connectivity index (χ0) is 71.7. The summed E-state index contributed by atoms with van der Waals surface area (Å²) in [5, 5.41) is 10.1. The molecule has 0 aliphatic carbocycles. The van der Waals surface area contributed by atoms with Crippen LogP contribution in [0.1, 0.15) is 55.4 Å². The Morgan fingerprint density at radius 2 is 0.625 bits per heavy atom. The molecule has 0 aliphatic rings. The fourth-order valence-electron chi connectivity index (χ4n) is 14.1. The molecule has 0 amide bonds. The summed E-state index contributed by atoms with van der Waals surface area (Å²) >= 11 is 0. The minimum Gasteiger partial charge on any atom is -0.385 e. The van der Waals surface area contributed by atoms with Gasteiger partial charge in [-0.3, -0.25) is 0 Å². The van der Waals surface area contributed by atoms with Crippen molar-refractivity contribution in [3.05, 3.63) is 386 Å². The predicted molar refractivity (Wildman–Crippen MR) is 444 cm³/mol. The second-order valence-corrected chi connectivity index (χ2v) is 25.5. The quantitative estimate of drug-likeness (QED) is 0.0679. The van der Waals surface area contributed by atoms with E-state index in [2.05, 4.69) is 365 Å². The second kappa shape index (κ2) is 49.9. The molecular weight excluding hydrogens is 1970 g/mol. The van der Waals surface area contributed by atoms with Crippen LogP contribution in [0.15, 0.2) is 338 Å². The first kappa shape index (κ1) is 99.2. The summed E-state index contributed by atoms with van der Waals surface area (Å²) in [7, 11) is 0. The van der Waals surface area contributed by atoms with Crippen LogP contribution in [0.4, 0.5) is 0 Å². The van der Waals surface area contributed by atoms with Gasteiger partial charge in [-0.15, -0.1) is 48.5 Å². The molecule has 12 aromatic carbocycles. The zero-order valence-electron chi connectivity index (χ0n) is 65.3. The number of benzene rings is 12. The molecule has 0 saturated heterocycles. The SMILES string of the molecule is C/C=C\C(=C/C)Cn1c2[c-]c(-c3[c-]cccc3)ccc2c2ccccc21.C/C=C\C(=C/C)Cn1c2c[c-]c(-c3[c-]cccc3)cc2c2ccccc21.C/C=C\C(=C/C)Cn1c2ccccc2c2c[c-]c(-c3[c-]cccc3)cc21.C/C=C\C(=C/C)Cn1c2ccccc2c2cc[c-]c(-c3[c-]cccc3)c21.[Y].[Y].[Y].[Y].[Y].[Y].[Y].[Y]. The maximum Gasteiger partial charge on any atom is 0.0461 e. The normalized spacial score (nSPS) is 11.6. The third-order valence-corrected chi connectivity index (χ3v) is 19.2. The molecule has 0 fully saturated rings. The van der Waals surface area contributed by atoms with Gasteiger partial charge in [-0.2, -0.15) is 146 Å². The first-order chi connectivity index (χ1) is 51.3. The average Bonchev–Trinajstić information content (AvgIpc) is 1.60. The van der Waals surface area contributed by atoms with Crippen LogP contribution in [0.5, 0.6) is 0 Å². The summed E-state index contributed by atoms with van der Waals surface area (Å²) in [5.74, 6) is 0. The first-order valence-corrected chi connectivity index (χ1v) is 36.0. The van der Waals surface area contributed by atoms with E-state index in [1.165, 1.54) is 104 Å². The number of fused-ring (bicyclic) bond motifs is 12. The van der Waals surface area contributed by atoms with Gasteiger partial charge in [-0.25, -0.2) is 44.5 Å². The Bertz CT molecular complexity index is 5750. The van der Waals surface area contributed by atoms with E-state index in [1.807, 2.05) is 72.8 Å². The molecule has 0 bridgehead atoms. The van der Waals surface area contributed by atoms with Crippen LogP contribution in [0.25, 0.3) is 132 Å². The minimum absolute atomic E-state index is 0. The molecule has 0 atom stereocenters. The van der Waals surface area contributed by atoms with Gasteiger partial charge in [0.25, 0.3) is 0 Å². The standard InChI is InChI=1S/4C25H21N.8Y/c1-3-11-19(4-2)18-26-24-17-9-8-14-22(24)23-16-10-15-21(25(23)26)20-12-6-5-7-13-20;1-3-10-19(4-2)18-26-24-14-9-8-13-22(24)23-17-21(15-16-25(23)26)20-11-6-5-7-12-20;2*1-3-10-19(4-2)18-26-24-14-9-8-13-22(24)23-16-15-21(17-25(23)26)20-11-6-5-7-12-20;;;;;;;;/h3-12,14,16-17H,18H2,1-2H3;2*3-11,13-14,16-17H,18H2,1-2H3;3-11,13-16H,18H2,1-2H3;;;;;;;;/q4*-2;;;;;;;;/b11-3-,19-4+;3*10-3-,19-4+;;;;;;;;. The largest absolute Gasteiger partial charge is 0.385 e.